The highest BCUT2D eigenvalue weighted by atomic mass is 19.4. The van der Waals surface area contributed by atoms with E-state index in [9.17, 15) is 27.6 Å². The largest absolute Gasteiger partial charge is 0.444 e. The summed E-state index contributed by atoms with van der Waals surface area (Å²) in [5.41, 5.74) is 2.87. The average Bonchev–Trinajstić information content (AvgIpc) is 3.20. The highest BCUT2D eigenvalue weighted by Gasteiger charge is 2.39. The minimum absolute atomic E-state index is 0.0375. The van der Waals surface area contributed by atoms with Gasteiger partial charge in [-0.05, 0) is 27.2 Å². The molecule has 2 heterocycles. The Morgan fingerprint density at radius 1 is 1.38 bits per heavy atom. The number of hydrogen-bond donors (Lipinski definition) is 3. The van der Waals surface area contributed by atoms with E-state index in [0.717, 1.165) is 6.33 Å². The third kappa shape index (κ3) is 6.09. The number of halogens is 3. The lowest BCUT2D eigenvalue weighted by molar-refractivity contribution is -0.142. The van der Waals surface area contributed by atoms with Crippen LogP contribution in [0.2, 0.25) is 0 Å². The number of imidazole rings is 1. The number of alkyl halides is 3. The first-order chi connectivity index (χ1) is 13.3. The maximum Gasteiger partial charge on any atom is 0.435 e. The van der Waals surface area contributed by atoms with E-state index in [2.05, 4.69) is 15.3 Å². The number of carbonyl (C=O) groups excluding carboxylic acids is 3. The molecule has 2 unspecified atom stereocenters. The zero-order valence-electron chi connectivity index (χ0n) is 16.3. The van der Waals surface area contributed by atoms with Crippen molar-refractivity contribution in [3.05, 3.63) is 17.7 Å². The predicted octanol–water partition coefficient (Wildman–Crippen LogP) is 1.20. The third-order valence-electron chi connectivity index (χ3n) is 4.29. The van der Waals surface area contributed by atoms with Gasteiger partial charge in [0.1, 0.15) is 11.6 Å². The Labute approximate surface area is 165 Å². The lowest BCUT2D eigenvalue weighted by atomic mass is 10.1. The van der Waals surface area contributed by atoms with Gasteiger partial charge in [0.2, 0.25) is 11.8 Å². The van der Waals surface area contributed by atoms with Crippen LogP contribution in [0.5, 0.6) is 0 Å². The number of primary amides is 1. The number of carbonyl (C=O) groups is 3. The first-order valence-corrected chi connectivity index (χ1v) is 8.95. The summed E-state index contributed by atoms with van der Waals surface area (Å²) in [5, 5.41) is 2.33. The van der Waals surface area contributed by atoms with Gasteiger partial charge in [0, 0.05) is 25.2 Å². The summed E-state index contributed by atoms with van der Waals surface area (Å²) in [7, 11) is 0. The number of H-pyrrole nitrogens is 1. The number of hydrogen-bond acceptors (Lipinski definition) is 5. The van der Waals surface area contributed by atoms with Crippen LogP contribution in [0.25, 0.3) is 0 Å². The van der Waals surface area contributed by atoms with Crippen LogP contribution in [0, 0.1) is 5.92 Å². The van der Waals surface area contributed by atoms with Gasteiger partial charge in [-0.25, -0.2) is 9.78 Å². The van der Waals surface area contributed by atoms with Crippen LogP contribution in [0.15, 0.2) is 6.33 Å². The van der Waals surface area contributed by atoms with Crippen molar-refractivity contribution in [1.82, 2.24) is 20.2 Å². The van der Waals surface area contributed by atoms with Crippen LogP contribution in [0.4, 0.5) is 18.0 Å². The molecule has 0 aromatic carbocycles. The standard InChI is InChI=1S/C17H24F3N5O4/c1-16(2,3)29-15(28)24-11(6-10-12(17(18,19)20)23-8-22-10)14(27)25-5-4-9(7-25)13(21)26/h8-9,11H,4-7H2,1-3H3,(H2,21,26)(H,22,23)(H,24,28). The smallest absolute Gasteiger partial charge is 0.435 e. The monoisotopic (exact) mass is 419 g/mol. The summed E-state index contributed by atoms with van der Waals surface area (Å²) in [6.07, 6.45) is -4.94. The van der Waals surface area contributed by atoms with E-state index in [-0.39, 0.29) is 18.8 Å². The molecule has 1 fully saturated rings. The van der Waals surface area contributed by atoms with Gasteiger partial charge in [-0.15, -0.1) is 0 Å². The maximum atomic E-state index is 13.1. The summed E-state index contributed by atoms with van der Waals surface area (Å²) in [4.78, 5) is 43.3. The minimum atomic E-state index is -4.72. The van der Waals surface area contributed by atoms with E-state index in [1.807, 2.05) is 0 Å². The Bertz CT molecular complexity index is 772. The average molecular weight is 419 g/mol. The Kier molecular flexibility index (Phi) is 6.43. The van der Waals surface area contributed by atoms with Gasteiger partial charge in [-0.1, -0.05) is 0 Å². The van der Waals surface area contributed by atoms with Crippen LogP contribution < -0.4 is 11.1 Å². The normalized spacial score (nSPS) is 18.4. The van der Waals surface area contributed by atoms with E-state index < -0.39 is 53.8 Å². The Morgan fingerprint density at radius 2 is 2.03 bits per heavy atom. The zero-order chi connectivity index (χ0) is 22.0. The lowest BCUT2D eigenvalue weighted by Crippen LogP contribution is -2.50. The van der Waals surface area contributed by atoms with Crippen molar-refractivity contribution < 1.29 is 32.3 Å². The van der Waals surface area contributed by atoms with Crippen molar-refractivity contribution in [2.75, 3.05) is 13.1 Å². The number of likely N-dealkylation sites (tertiary alicyclic amines) is 1. The number of amides is 3. The summed E-state index contributed by atoms with van der Waals surface area (Å²) < 4.78 is 44.5. The molecule has 29 heavy (non-hydrogen) atoms. The van der Waals surface area contributed by atoms with Crippen LogP contribution in [0.3, 0.4) is 0 Å². The molecule has 0 radical (unpaired) electrons. The van der Waals surface area contributed by atoms with Gasteiger partial charge in [0.25, 0.3) is 0 Å². The molecule has 4 N–H and O–H groups in total. The Morgan fingerprint density at radius 3 is 2.55 bits per heavy atom. The van der Waals surface area contributed by atoms with Crippen molar-refractivity contribution >= 4 is 17.9 Å². The van der Waals surface area contributed by atoms with E-state index in [1.54, 1.807) is 20.8 Å². The van der Waals surface area contributed by atoms with Crippen LogP contribution in [0.1, 0.15) is 38.6 Å². The topological polar surface area (TPSA) is 130 Å². The van der Waals surface area contributed by atoms with Gasteiger partial charge < -0.3 is 25.7 Å². The second kappa shape index (κ2) is 8.29. The van der Waals surface area contributed by atoms with Crippen molar-refractivity contribution in [3.8, 4) is 0 Å². The number of rotatable bonds is 5. The first-order valence-electron chi connectivity index (χ1n) is 8.95. The Hall–Kier alpha value is -2.79. The van der Waals surface area contributed by atoms with Crippen LogP contribution in [-0.2, 0) is 26.9 Å². The number of aromatic amines is 1. The SMILES string of the molecule is CC(C)(C)OC(=O)NC(Cc1[nH]cnc1C(F)(F)F)C(=O)N1CCC(C(N)=O)C1. The van der Waals surface area contributed by atoms with Crippen molar-refractivity contribution in [1.29, 1.82) is 0 Å². The molecule has 1 aliphatic heterocycles. The molecular formula is C17H24F3N5O4. The minimum Gasteiger partial charge on any atom is -0.444 e. The number of alkyl carbamates (subject to hydrolysis) is 1. The fourth-order valence-corrected chi connectivity index (χ4v) is 2.99. The highest BCUT2D eigenvalue weighted by molar-refractivity contribution is 5.87. The summed E-state index contributed by atoms with van der Waals surface area (Å²) in [5.74, 6) is -1.74. The molecule has 162 valence electrons. The maximum absolute atomic E-state index is 13.1. The number of aromatic nitrogens is 2. The summed E-state index contributed by atoms with van der Waals surface area (Å²) in [6, 6.07) is -1.35. The van der Waals surface area contributed by atoms with Gasteiger partial charge in [0.15, 0.2) is 5.69 Å². The van der Waals surface area contributed by atoms with Gasteiger partial charge >= 0.3 is 12.3 Å². The number of nitrogens with zero attached hydrogens (tertiary/aromatic N) is 2. The molecule has 0 spiro atoms. The fourth-order valence-electron chi connectivity index (χ4n) is 2.99. The summed E-state index contributed by atoms with van der Waals surface area (Å²) in [6.45, 7) is 5.07. The molecule has 3 amide bonds. The van der Waals surface area contributed by atoms with Crippen LogP contribution in [-0.4, -0.2) is 57.5 Å². The molecular weight excluding hydrogens is 395 g/mol. The van der Waals surface area contributed by atoms with Gasteiger partial charge in [0.05, 0.1) is 12.2 Å². The van der Waals surface area contributed by atoms with Crippen molar-refractivity contribution in [2.45, 2.75) is 51.4 Å². The number of ether oxygens (including phenoxy) is 1. The molecule has 12 heteroatoms. The molecule has 0 saturated carbocycles. The molecule has 1 aliphatic rings. The molecule has 0 bridgehead atoms. The van der Waals surface area contributed by atoms with Crippen molar-refractivity contribution in [3.63, 3.8) is 0 Å². The van der Waals surface area contributed by atoms with Crippen LogP contribution >= 0.6 is 0 Å². The Balaban J connectivity index is 2.22. The quantitative estimate of drug-likeness (QED) is 0.660. The molecule has 1 aromatic heterocycles. The third-order valence-corrected chi connectivity index (χ3v) is 4.29. The molecule has 2 rings (SSSR count). The molecule has 0 aliphatic carbocycles. The molecule has 1 aromatic rings. The molecule has 2 atom stereocenters. The predicted molar refractivity (Wildman–Crippen MR) is 94.3 cm³/mol. The zero-order valence-corrected chi connectivity index (χ0v) is 16.3. The second-order valence-corrected chi connectivity index (χ2v) is 7.80. The van der Waals surface area contributed by atoms with E-state index in [0.29, 0.717) is 6.42 Å². The first kappa shape index (κ1) is 22.5. The van der Waals surface area contributed by atoms with E-state index >= 15 is 0 Å². The van der Waals surface area contributed by atoms with Crippen molar-refractivity contribution in [2.24, 2.45) is 11.7 Å². The second-order valence-electron chi connectivity index (χ2n) is 7.80. The molecule has 9 nitrogen and oxygen atoms in total. The van der Waals surface area contributed by atoms with E-state index in [4.69, 9.17) is 10.5 Å². The number of nitrogens with one attached hydrogen (secondary N) is 2. The lowest BCUT2D eigenvalue weighted by Gasteiger charge is -2.26. The van der Waals surface area contributed by atoms with Gasteiger partial charge in [-0.2, -0.15) is 13.2 Å². The van der Waals surface area contributed by atoms with E-state index in [1.165, 1.54) is 4.90 Å². The summed E-state index contributed by atoms with van der Waals surface area (Å²) >= 11 is 0. The van der Waals surface area contributed by atoms with Gasteiger partial charge in [-0.3, -0.25) is 9.59 Å². The fraction of sp³-hybridized carbons (Fsp3) is 0.647. The molecule has 1 saturated heterocycles. The number of nitrogens with two attached hydrogens (primary N) is 1. The highest BCUT2D eigenvalue weighted by Crippen LogP contribution is 2.30.